The smallest absolute Gasteiger partial charge is 0.304 e. The summed E-state index contributed by atoms with van der Waals surface area (Å²) in [7, 11) is 0. The third-order valence-electron chi connectivity index (χ3n) is 4.05. The minimum Gasteiger partial charge on any atom is -0.304 e. The first-order valence-corrected chi connectivity index (χ1v) is 8.93. The number of hydrogen-bond donors (Lipinski definition) is 0. The van der Waals surface area contributed by atoms with Gasteiger partial charge in [-0.15, -0.1) is 24.3 Å². The Morgan fingerprint density at radius 2 is 1.03 bits per heavy atom. The van der Waals surface area contributed by atoms with Gasteiger partial charge in [0.05, 0.1) is 0 Å². The van der Waals surface area contributed by atoms with E-state index in [9.17, 15) is 17.6 Å². The second-order valence-electron chi connectivity index (χ2n) is 6.52. The summed E-state index contributed by atoms with van der Waals surface area (Å²) in [6, 6.07) is 15.9. The van der Waals surface area contributed by atoms with Crippen molar-refractivity contribution in [3.63, 3.8) is 0 Å². The molecule has 2 aromatic heterocycles. The molecular formula is C24H16F4IrN2+. The SMILES string of the molecule is Cc1ccc(-c2[c-]cc(F)cc2F)nc1.Cc1ccc(-c2[c-]cc(F)cc2F)nc1.[Ir+3]. The van der Waals surface area contributed by atoms with Gasteiger partial charge in [0.15, 0.2) is 0 Å². The number of benzene rings is 2. The van der Waals surface area contributed by atoms with Crippen LogP contribution in [0.4, 0.5) is 17.6 Å². The van der Waals surface area contributed by atoms with Gasteiger partial charge in [-0.2, -0.15) is 0 Å². The van der Waals surface area contributed by atoms with Crippen LogP contribution in [0.25, 0.3) is 22.5 Å². The molecule has 0 aliphatic heterocycles. The molecule has 0 aliphatic rings. The van der Waals surface area contributed by atoms with Crippen molar-refractivity contribution < 1.29 is 37.7 Å². The molecule has 0 saturated carbocycles. The number of rotatable bonds is 2. The van der Waals surface area contributed by atoms with Crippen molar-refractivity contribution in [1.29, 1.82) is 0 Å². The average Bonchev–Trinajstić information content (AvgIpc) is 2.70. The molecule has 0 fully saturated rings. The van der Waals surface area contributed by atoms with Gasteiger partial charge in [0.2, 0.25) is 0 Å². The molecule has 0 amide bonds. The molecule has 31 heavy (non-hydrogen) atoms. The van der Waals surface area contributed by atoms with E-state index in [1.807, 2.05) is 26.0 Å². The minimum absolute atomic E-state index is 0. The molecule has 0 unspecified atom stereocenters. The summed E-state index contributed by atoms with van der Waals surface area (Å²) in [5, 5.41) is 0. The predicted molar refractivity (Wildman–Crippen MR) is 106 cm³/mol. The van der Waals surface area contributed by atoms with Crippen LogP contribution in [0.2, 0.25) is 0 Å². The number of aryl methyl sites for hydroxylation is 2. The Hall–Kier alpha value is -2.89. The molecule has 0 saturated heterocycles. The van der Waals surface area contributed by atoms with Gasteiger partial charge in [0.1, 0.15) is 0 Å². The van der Waals surface area contributed by atoms with Crippen LogP contribution in [-0.4, -0.2) is 9.97 Å². The molecule has 0 spiro atoms. The van der Waals surface area contributed by atoms with E-state index < -0.39 is 23.3 Å². The number of hydrogen-bond acceptors (Lipinski definition) is 2. The maximum absolute atomic E-state index is 13.3. The second-order valence-corrected chi connectivity index (χ2v) is 6.52. The summed E-state index contributed by atoms with van der Waals surface area (Å²) in [6.07, 6.45) is 3.26. The molecule has 0 radical (unpaired) electrons. The first-order valence-electron chi connectivity index (χ1n) is 8.93. The molecule has 0 N–H and O–H groups in total. The van der Waals surface area contributed by atoms with Gasteiger partial charge in [-0.05, 0) is 36.4 Å². The Kier molecular flexibility index (Phi) is 8.60. The van der Waals surface area contributed by atoms with Gasteiger partial charge in [-0.3, -0.25) is 17.6 Å². The molecule has 4 rings (SSSR count). The van der Waals surface area contributed by atoms with E-state index in [1.54, 1.807) is 24.5 Å². The largest absolute Gasteiger partial charge is 3.00 e. The molecule has 0 aliphatic carbocycles. The minimum atomic E-state index is -0.647. The van der Waals surface area contributed by atoms with Crippen LogP contribution in [0.15, 0.2) is 60.9 Å². The summed E-state index contributed by atoms with van der Waals surface area (Å²) in [6.45, 7) is 3.78. The van der Waals surface area contributed by atoms with Crippen molar-refractivity contribution >= 4 is 0 Å². The number of pyridine rings is 2. The number of halogens is 4. The third-order valence-corrected chi connectivity index (χ3v) is 4.05. The standard InChI is InChI=1S/2C12H8F2N.Ir/c2*1-8-2-5-12(15-7-8)10-4-3-9(13)6-11(10)14;/h2*2-3,5-7H,1H3;/q2*-1;+3. The van der Waals surface area contributed by atoms with E-state index in [0.29, 0.717) is 11.4 Å². The third kappa shape index (κ3) is 6.54. The maximum Gasteiger partial charge on any atom is 3.00 e. The Balaban J connectivity index is 0.000000213. The van der Waals surface area contributed by atoms with E-state index in [0.717, 1.165) is 35.4 Å². The fourth-order valence-corrected chi connectivity index (χ4v) is 2.51. The topological polar surface area (TPSA) is 25.8 Å². The van der Waals surface area contributed by atoms with Crippen LogP contribution in [0, 0.1) is 49.2 Å². The van der Waals surface area contributed by atoms with Crippen LogP contribution in [0.3, 0.4) is 0 Å². The number of aromatic nitrogens is 2. The summed E-state index contributed by atoms with van der Waals surface area (Å²) in [5.41, 5.74) is 3.27. The fraction of sp³-hybridized carbons (Fsp3) is 0.0833. The zero-order valence-corrected chi connectivity index (χ0v) is 18.9. The summed E-state index contributed by atoms with van der Waals surface area (Å²) in [5.74, 6) is -2.57. The van der Waals surface area contributed by atoms with Crippen molar-refractivity contribution in [1.82, 2.24) is 9.97 Å². The Morgan fingerprint density at radius 3 is 1.32 bits per heavy atom. The van der Waals surface area contributed by atoms with Crippen LogP contribution in [-0.2, 0) is 20.1 Å². The van der Waals surface area contributed by atoms with E-state index in [-0.39, 0.29) is 31.2 Å². The molecule has 0 atom stereocenters. The summed E-state index contributed by atoms with van der Waals surface area (Å²) < 4.78 is 51.9. The van der Waals surface area contributed by atoms with Crippen LogP contribution in [0.1, 0.15) is 11.1 Å². The van der Waals surface area contributed by atoms with E-state index >= 15 is 0 Å². The monoisotopic (exact) mass is 601 g/mol. The average molecular weight is 601 g/mol. The molecule has 2 aromatic carbocycles. The van der Waals surface area contributed by atoms with E-state index in [4.69, 9.17) is 0 Å². The molecule has 2 nitrogen and oxygen atoms in total. The zero-order chi connectivity index (χ0) is 21.7. The first-order chi connectivity index (χ1) is 14.3. The molecule has 158 valence electrons. The molecule has 0 bridgehead atoms. The van der Waals surface area contributed by atoms with Gasteiger partial charge >= 0.3 is 20.1 Å². The maximum atomic E-state index is 13.3. The molecule has 4 aromatic rings. The predicted octanol–water partition coefficient (Wildman–Crippen LogP) is 6.27. The van der Waals surface area contributed by atoms with Crippen molar-refractivity contribution in [3.05, 3.63) is 107 Å². The van der Waals surface area contributed by atoms with Gasteiger partial charge in [0.25, 0.3) is 0 Å². The summed E-state index contributed by atoms with van der Waals surface area (Å²) in [4.78, 5) is 8.09. The van der Waals surface area contributed by atoms with Crippen molar-refractivity contribution in [2.45, 2.75) is 13.8 Å². The quantitative estimate of drug-likeness (QED) is 0.200. The molecule has 7 heteroatoms. The van der Waals surface area contributed by atoms with Gasteiger partial charge in [-0.25, -0.2) is 0 Å². The molecule has 2 heterocycles. The van der Waals surface area contributed by atoms with Crippen molar-refractivity contribution in [2.24, 2.45) is 0 Å². The summed E-state index contributed by atoms with van der Waals surface area (Å²) >= 11 is 0. The Bertz CT molecular complexity index is 1050. The van der Waals surface area contributed by atoms with Crippen molar-refractivity contribution in [2.75, 3.05) is 0 Å². The Morgan fingerprint density at radius 1 is 0.645 bits per heavy atom. The Labute approximate surface area is 191 Å². The van der Waals surface area contributed by atoms with E-state index in [2.05, 4.69) is 22.1 Å². The van der Waals surface area contributed by atoms with Crippen LogP contribution >= 0.6 is 0 Å². The second kappa shape index (κ2) is 10.9. The van der Waals surface area contributed by atoms with Gasteiger partial charge in [-0.1, -0.05) is 47.5 Å². The zero-order valence-electron chi connectivity index (χ0n) is 16.5. The van der Waals surface area contributed by atoms with Crippen LogP contribution in [0.5, 0.6) is 0 Å². The normalized spacial score (nSPS) is 10.0. The van der Waals surface area contributed by atoms with Crippen LogP contribution < -0.4 is 0 Å². The first kappa shape index (κ1) is 24.4. The fourth-order valence-electron chi connectivity index (χ4n) is 2.51. The van der Waals surface area contributed by atoms with Gasteiger partial charge < -0.3 is 9.97 Å². The molecular weight excluding hydrogens is 584 g/mol. The number of nitrogens with zero attached hydrogens (tertiary/aromatic N) is 2. The van der Waals surface area contributed by atoms with E-state index in [1.165, 1.54) is 0 Å². The van der Waals surface area contributed by atoms with Crippen molar-refractivity contribution in [3.8, 4) is 22.5 Å². The van der Waals surface area contributed by atoms with Gasteiger partial charge in [0, 0.05) is 35.7 Å².